The molecule has 2 atom stereocenters. The van der Waals surface area contributed by atoms with Gasteiger partial charge in [0.2, 0.25) is 11.8 Å². The summed E-state index contributed by atoms with van der Waals surface area (Å²) < 4.78 is 0. The lowest BCUT2D eigenvalue weighted by molar-refractivity contribution is -0.124. The molecule has 5 heteroatoms. The largest absolute Gasteiger partial charge is 0.351 e. The second-order valence-electron chi connectivity index (χ2n) is 6.26. The highest BCUT2D eigenvalue weighted by molar-refractivity contribution is 5.86. The van der Waals surface area contributed by atoms with Gasteiger partial charge < -0.3 is 10.6 Å². The van der Waals surface area contributed by atoms with Crippen LogP contribution < -0.4 is 16.0 Å². The molecule has 25 heavy (non-hydrogen) atoms. The Hall–Kier alpha value is -2.66. The predicted molar refractivity (Wildman–Crippen MR) is 96.5 cm³/mol. The fourth-order valence-corrected chi connectivity index (χ4v) is 2.97. The monoisotopic (exact) mass is 337 g/mol. The van der Waals surface area contributed by atoms with Crippen LogP contribution in [0.5, 0.6) is 0 Å². The summed E-state index contributed by atoms with van der Waals surface area (Å²) in [7, 11) is 0. The van der Waals surface area contributed by atoms with Crippen LogP contribution in [-0.2, 0) is 22.7 Å². The third-order valence-corrected chi connectivity index (χ3v) is 4.40. The summed E-state index contributed by atoms with van der Waals surface area (Å²) in [6, 6.07) is 19.0. The van der Waals surface area contributed by atoms with Gasteiger partial charge in [0.1, 0.15) is 0 Å². The molecular weight excluding hydrogens is 314 g/mol. The predicted octanol–water partition coefficient (Wildman–Crippen LogP) is 1.74. The highest BCUT2D eigenvalue weighted by Crippen LogP contribution is 2.13. The van der Waals surface area contributed by atoms with Crippen molar-refractivity contribution in [2.45, 2.75) is 38.0 Å². The summed E-state index contributed by atoms with van der Waals surface area (Å²) in [6.45, 7) is 1.01. The third kappa shape index (κ3) is 4.90. The maximum absolute atomic E-state index is 12.3. The van der Waals surface area contributed by atoms with Crippen LogP contribution in [-0.4, -0.2) is 23.9 Å². The minimum absolute atomic E-state index is 0.0535. The lowest BCUT2D eigenvalue weighted by Gasteiger charge is -2.15. The van der Waals surface area contributed by atoms with Gasteiger partial charge in [-0.3, -0.25) is 14.9 Å². The van der Waals surface area contributed by atoms with Crippen LogP contribution in [0.4, 0.5) is 0 Å². The molecule has 0 unspecified atom stereocenters. The number of hydrogen-bond acceptors (Lipinski definition) is 3. The zero-order valence-corrected chi connectivity index (χ0v) is 14.1. The Morgan fingerprint density at radius 2 is 1.16 bits per heavy atom. The van der Waals surface area contributed by atoms with Gasteiger partial charge in [-0.05, 0) is 24.0 Å². The lowest BCUT2D eigenvalue weighted by Crippen LogP contribution is -2.47. The van der Waals surface area contributed by atoms with Crippen LogP contribution in [0.2, 0.25) is 0 Å². The Bertz CT molecular complexity index is 642. The highest BCUT2D eigenvalue weighted by Gasteiger charge is 2.32. The summed E-state index contributed by atoms with van der Waals surface area (Å²) in [5.74, 6) is -0.107. The first kappa shape index (κ1) is 17.2. The quantitative estimate of drug-likeness (QED) is 0.752. The van der Waals surface area contributed by atoms with Crippen LogP contribution in [0.1, 0.15) is 24.0 Å². The van der Waals surface area contributed by atoms with Gasteiger partial charge in [0.05, 0.1) is 12.1 Å². The first-order chi connectivity index (χ1) is 12.2. The van der Waals surface area contributed by atoms with E-state index in [2.05, 4.69) is 16.0 Å². The van der Waals surface area contributed by atoms with Crippen molar-refractivity contribution in [2.75, 3.05) is 0 Å². The smallest absolute Gasteiger partial charge is 0.237 e. The van der Waals surface area contributed by atoms with Crippen molar-refractivity contribution in [3.05, 3.63) is 71.8 Å². The summed E-state index contributed by atoms with van der Waals surface area (Å²) >= 11 is 0. The van der Waals surface area contributed by atoms with E-state index < -0.39 is 0 Å². The van der Waals surface area contributed by atoms with Crippen molar-refractivity contribution in [3.63, 3.8) is 0 Å². The van der Waals surface area contributed by atoms with Gasteiger partial charge in [-0.2, -0.15) is 0 Å². The third-order valence-electron chi connectivity index (χ3n) is 4.40. The Kier molecular flexibility index (Phi) is 5.80. The van der Waals surface area contributed by atoms with E-state index in [1.165, 1.54) is 0 Å². The second kappa shape index (κ2) is 8.44. The van der Waals surface area contributed by atoms with Crippen LogP contribution in [0.15, 0.2) is 60.7 Å². The molecule has 0 spiro atoms. The van der Waals surface area contributed by atoms with Crippen LogP contribution in [0, 0.1) is 0 Å². The maximum atomic E-state index is 12.3. The average molecular weight is 337 g/mol. The molecular formula is C20H23N3O2. The molecule has 0 saturated carbocycles. The minimum atomic E-state index is -0.309. The molecule has 130 valence electrons. The van der Waals surface area contributed by atoms with Crippen LogP contribution in [0.3, 0.4) is 0 Å². The normalized spacial score (nSPS) is 19.4. The van der Waals surface area contributed by atoms with E-state index in [0.717, 1.165) is 11.1 Å². The van der Waals surface area contributed by atoms with Gasteiger partial charge in [0.15, 0.2) is 0 Å². The average Bonchev–Trinajstić information content (AvgIpc) is 3.16. The number of carbonyl (C=O) groups excluding carboxylic acids is 2. The lowest BCUT2D eigenvalue weighted by atomic mass is 10.1. The SMILES string of the molecule is O=C(NCc1ccccc1)[C@@H]1CC[C@@H](C(=O)NCc2ccccc2)N1. The number of hydrogen-bond donors (Lipinski definition) is 3. The molecule has 0 aliphatic carbocycles. The van der Waals surface area contributed by atoms with Crippen molar-refractivity contribution < 1.29 is 9.59 Å². The number of amides is 2. The Balaban J connectivity index is 1.43. The molecule has 1 fully saturated rings. The van der Waals surface area contributed by atoms with Crippen molar-refractivity contribution in [1.29, 1.82) is 0 Å². The van der Waals surface area contributed by atoms with E-state index in [0.29, 0.717) is 25.9 Å². The summed E-state index contributed by atoms with van der Waals surface area (Å²) in [6.07, 6.45) is 1.34. The highest BCUT2D eigenvalue weighted by atomic mass is 16.2. The number of rotatable bonds is 6. The molecule has 2 aromatic rings. The zero-order valence-electron chi connectivity index (χ0n) is 14.1. The van der Waals surface area contributed by atoms with Gasteiger partial charge >= 0.3 is 0 Å². The molecule has 2 amide bonds. The molecule has 0 bridgehead atoms. The molecule has 0 aromatic heterocycles. The van der Waals surface area contributed by atoms with E-state index >= 15 is 0 Å². The molecule has 2 aromatic carbocycles. The van der Waals surface area contributed by atoms with Crippen molar-refractivity contribution >= 4 is 11.8 Å². The van der Waals surface area contributed by atoms with Gasteiger partial charge in [-0.1, -0.05) is 60.7 Å². The number of nitrogens with one attached hydrogen (secondary N) is 3. The molecule has 5 nitrogen and oxygen atoms in total. The van der Waals surface area contributed by atoms with E-state index in [-0.39, 0.29) is 23.9 Å². The van der Waals surface area contributed by atoms with Crippen molar-refractivity contribution in [1.82, 2.24) is 16.0 Å². The molecule has 1 aliphatic rings. The van der Waals surface area contributed by atoms with E-state index in [1.807, 2.05) is 60.7 Å². The Morgan fingerprint density at radius 1 is 0.760 bits per heavy atom. The molecule has 3 rings (SSSR count). The fraction of sp³-hybridized carbons (Fsp3) is 0.300. The number of carbonyl (C=O) groups is 2. The minimum Gasteiger partial charge on any atom is -0.351 e. The summed E-state index contributed by atoms with van der Waals surface area (Å²) in [4.78, 5) is 24.5. The maximum Gasteiger partial charge on any atom is 0.237 e. The van der Waals surface area contributed by atoms with Gasteiger partial charge in [-0.15, -0.1) is 0 Å². The second-order valence-corrected chi connectivity index (χ2v) is 6.26. The molecule has 1 saturated heterocycles. The van der Waals surface area contributed by atoms with Crippen molar-refractivity contribution in [3.8, 4) is 0 Å². The van der Waals surface area contributed by atoms with Gasteiger partial charge in [0, 0.05) is 13.1 Å². The van der Waals surface area contributed by atoms with Gasteiger partial charge in [-0.25, -0.2) is 0 Å². The topological polar surface area (TPSA) is 70.2 Å². The molecule has 1 aliphatic heterocycles. The van der Waals surface area contributed by atoms with E-state index in [1.54, 1.807) is 0 Å². The number of benzene rings is 2. The van der Waals surface area contributed by atoms with E-state index in [4.69, 9.17) is 0 Å². The van der Waals surface area contributed by atoms with Crippen LogP contribution >= 0.6 is 0 Å². The summed E-state index contributed by atoms with van der Waals surface area (Å²) in [5.41, 5.74) is 2.12. The van der Waals surface area contributed by atoms with Crippen molar-refractivity contribution in [2.24, 2.45) is 0 Å². The fourth-order valence-electron chi connectivity index (χ4n) is 2.97. The molecule has 0 radical (unpaired) electrons. The first-order valence-corrected chi connectivity index (χ1v) is 8.62. The Morgan fingerprint density at radius 3 is 1.56 bits per heavy atom. The zero-order chi connectivity index (χ0) is 17.5. The standard InChI is InChI=1S/C20H23N3O2/c24-19(21-13-15-7-3-1-4-8-15)17-11-12-18(23-17)20(25)22-14-16-9-5-2-6-10-16/h1-10,17-18,23H,11-14H2,(H,21,24)(H,22,25)/t17-,18-/m0/s1. The molecule has 1 heterocycles. The Labute approximate surface area is 147 Å². The summed E-state index contributed by atoms with van der Waals surface area (Å²) in [5, 5.41) is 8.99. The first-order valence-electron chi connectivity index (χ1n) is 8.62. The van der Waals surface area contributed by atoms with E-state index in [9.17, 15) is 9.59 Å². The molecule has 3 N–H and O–H groups in total. The van der Waals surface area contributed by atoms with Gasteiger partial charge in [0.25, 0.3) is 0 Å². The van der Waals surface area contributed by atoms with Crippen LogP contribution in [0.25, 0.3) is 0 Å².